The molecule has 1 saturated carbocycles. The molecule has 6 nitrogen and oxygen atoms in total. The number of hydrogen-bond donors (Lipinski definition) is 3. The lowest BCUT2D eigenvalue weighted by molar-refractivity contribution is 0.0950. The van der Waals surface area contributed by atoms with E-state index in [4.69, 9.17) is 0 Å². The van der Waals surface area contributed by atoms with Crippen LogP contribution >= 0.6 is 12.4 Å². The number of halogens is 1. The Kier molecular flexibility index (Phi) is 8.15. The average molecular weight is 376 g/mol. The highest BCUT2D eigenvalue weighted by atomic mass is 35.5. The first kappa shape index (κ1) is 20.9. The van der Waals surface area contributed by atoms with Crippen LogP contribution in [0.25, 0.3) is 0 Å². The maximum Gasteiger partial charge on any atom is 0.251 e. The summed E-state index contributed by atoms with van der Waals surface area (Å²) in [5.41, 5.74) is 0.350. The molecule has 1 amide bonds. The van der Waals surface area contributed by atoms with Crippen molar-refractivity contribution in [3.05, 3.63) is 29.8 Å². The topological polar surface area (TPSA) is 87.3 Å². The quantitative estimate of drug-likeness (QED) is 0.676. The van der Waals surface area contributed by atoms with E-state index in [9.17, 15) is 13.2 Å². The maximum absolute atomic E-state index is 12.4. The van der Waals surface area contributed by atoms with Crippen LogP contribution in [0.2, 0.25) is 0 Å². The fourth-order valence-electron chi connectivity index (χ4n) is 2.59. The van der Waals surface area contributed by atoms with Gasteiger partial charge in [0, 0.05) is 24.2 Å². The summed E-state index contributed by atoms with van der Waals surface area (Å²) >= 11 is 0. The Bertz CT molecular complexity index is 646. The maximum atomic E-state index is 12.4. The number of amides is 1. The predicted molar refractivity (Wildman–Crippen MR) is 97.1 cm³/mol. The molecule has 1 fully saturated rings. The lowest BCUT2D eigenvalue weighted by atomic mass is 10.2. The number of carbonyl (C=O) groups is 1. The van der Waals surface area contributed by atoms with Gasteiger partial charge in [-0.25, -0.2) is 13.1 Å². The molecule has 1 aromatic rings. The number of carbonyl (C=O) groups excluding carboxylic acids is 1. The third-order valence-electron chi connectivity index (χ3n) is 4.15. The van der Waals surface area contributed by atoms with Gasteiger partial charge in [-0.3, -0.25) is 4.79 Å². The van der Waals surface area contributed by atoms with Gasteiger partial charge in [0.05, 0.1) is 4.90 Å². The van der Waals surface area contributed by atoms with E-state index in [-0.39, 0.29) is 35.3 Å². The first-order valence-electron chi connectivity index (χ1n) is 8.00. The van der Waals surface area contributed by atoms with E-state index in [1.165, 1.54) is 12.1 Å². The normalized spacial score (nSPS) is 16.4. The molecule has 0 heterocycles. The van der Waals surface area contributed by atoms with Crippen molar-refractivity contribution < 1.29 is 13.2 Å². The van der Waals surface area contributed by atoms with Crippen LogP contribution in [0.3, 0.4) is 0 Å². The van der Waals surface area contributed by atoms with Gasteiger partial charge in [0.25, 0.3) is 5.91 Å². The van der Waals surface area contributed by atoms with Crippen molar-refractivity contribution >= 4 is 28.3 Å². The summed E-state index contributed by atoms with van der Waals surface area (Å²) in [6, 6.07) is 6.32. The average Bonchev–Trinajstić information content (AvgIpc) is 3.04. The smallest absolute Gasteiger partial charge is 0.251 e. The van der Waals surface area contributed by atoms with Crippen LogP contribution in [0, 0.1) is 0 Å². The highest BCUT2D eigenvalue weighted by Crippen LogP contribution is 2.20. The second-order valence-electron chi connectivity index (χ2n) is 6.03. The van der Waals surface area contributed by atoms with Gasteiger partial charge in [-0.15, -0.1) is 12.4 Å². The van der Waals surface area contributed by atoms with Crippen molar-refractivity contribution in [1.29, 1.82) is 0 Å². The molecule has 1 unspecified atom stereocenters. The van der Waals surface area contributed by atoms with Gasteiger partial charge in [-0.1, -0.05) is 18.9 Å². The highest BCUT2D eigenvalue weighted by Gasteiger charge is 2.23. The molecule has 0 saturated heterocycles. The van der Waals surface area contributed by atoms with Gasteiger partial charge < -0.3 is 10.6 Å². The van der Waals surface area contributed by atoms with Gasteiger partial charge in [-0.2, -0.15) is 0 Å². The minimum atomic E-state index is -3.58. The van der Waals surface area contributed by atoms with Gasteiger partial charge in [0.15, 0.2) is 0 Å². The van der Waals surface area contributed by atoms with Crippen LogP contribution in [0.5, 0.6) is 0 Å². The van der Waals surface area contributed by atoms with E-state index in [2.05, 4.69) is 15.4 Å². The Morgan fingerprint density at radius 3 is 2.58 bits per heavy atom. The van der Waals surface area contributed by atoms with Crippen molar-refractivity contribution in [2.45, 2.75) is 49.6 Å². The number of likely N-dealkylation sites (N-methyl/N-ethyl adjacent to an activating group) is 1. The van der Waals surface area contributed by atoms with Crippen molar-refractivity contribution in [3.63, 3.8) is 0 Å². The summed E-state index contributed by atoms with van der Waals surface area (Å²) in [7, 11) is -1.76. The molecule has 0 bridgehead atoms. The van der Waals surface area contributed by atoms with Crippen LogP contribution in [0.4, 0.5) is 0 Å². The van der Waals surface area contributed by atoms with Crippen LogP contribution in [0.1, 0.15) is 43.0 Å². The summed E-state index contributed by atoms with van der Waals surface area (Å²) < 4.78 is 27.6. The Labute approximate surface area is 150 Å². The Hall–Kier alpha value is -1.15. The fraction of sp³-hybridized carbons (Fsp3) is 0.562. The molecule has 1 aliphatic carbocycles. The highest BCUT2D eigenvalue weighted by molar-refractivity contribution is 7.89. The summed E-state index contributed by atoms with van der Waals surface area (Å²) in [5, 5.41) is 5.81. The van der Waals surface area contributed by atoms with E-state index in [0.29, 0.717) is 12.1 Å². The summed E-state index contributed by atoms with van der Waals surface area (Å²) in [5.74, 6) is -0.273. The number of sulfonamides is 1. The summed E-state index contributed by atoms with van der Waals surface area (Å²) in [6.45, 7) is 2.43. The van der Waals surface area contributed by atoms with Gasteiger partial charge >= 0.3 is 0 Å². The molecular weight excluding hydrogens is 350 g/mol. The molecule has 0 spiro atoms. The molecule has 8 heteroatoms. The largest absolute Gasteiger partial charge is 0.350 e. The van der Waals surface area contributed by atoms with Crippen LogP contribution < -0.4 is 15.4 Å². The molecule has 2 rings (SSSR count). The Balaban J connectivity index is 0.00000288. The number of hydrogen-bond acceptors (Lipinski definition) is 4. The van der Waals surface area contributed by atoms with Gasteiger partial charge in [0.1, 0.15) is 0 Å². The van der Waals surface area contributed by atoms with Crippen molar-refractivity contribution in [2.24, 2.45) is 0 Å². The Morgan fingerprint density at radius 2 is 1.96 bits per heavy atom. The molecule has 1 aliphatic rings. The molecule has 0 radical (unpaired) electrons. The third kappa shape index (κ3) is 5.73. The number of rotatable bonds is 7. The van der Waals surface area contributed by atoms with E-state index in [0.717, 1.165) is 25.7 Å². The SMILES string of the molecule is CNC(C)CNC(=O)c1cccc(S(=O)(=O)NC2CCCC2)c1.Cl. The summed E-state index contributed by atoms with van der Waals surface area (Å²) in [4.78, 5) is 12.3. The number of nitrogens with one attached hydrogen (secondary N) is 3. The molecular formula is C16H26ClN3O3S. The van der Waals surface area contributed by atoms with Crippen molar-refractivity contribution in [2.75, 3.05) is 13.6 Å². The first-order valence-corrected chi connectivity index (χ1v) is 9.48. The second kappa shape index (κ2) is 9.36. The van der Waals surface area contributed by atoms with E-state index < -0.39 is 10.0 Å². The second-order valence-corrected chi connectivity index (χ2v) is 7.74. The van der Waals surface area contributed by atoms with E-state index >= 15 is 0 Å². The van der Waals surface area contributed by atoms with Crippen LogP contribution in [0.15, 0.2) is 29.2 Å². The lowest BCUT2D eigenvalue weighted by Gasteiger charge is -2.14. The van der Waals surface area contributed by atoms with E-state index in [1.807, 2.05) is 14.0 Å². The minimum Gasteiger partial charge on any atom is -0.350 e. The molecule has 136 valence electrons. The van der Waals surface area contributed by atoms with E-state index in [1.54, 1.807) is 12.1 Å². The molecule has 3 N–H and O–H groups in total. The predicted octanol–water partition coefficient (Wildman–Crippen LogP) is 1.67. The third-order valence-corrected chi connectivity index (χ3v) is 5.66. The minimum absolute atomic E-state index is 0. The van der Waals surface area contributed by atoms with Crippen molar-refractivity contribution in [3.8, 4) is 0 Å². The van der Waals surface area contributed by atoms with Crippen LogP contribution in [-0.4, -0.2) is 40.0 Å². The van der Waals surface area contributed by atoms with Crippen LogP contribution in [-0.2, 0) is 10.0 Å². The number of benzene rings is 1. The lowest BCUT2D eigenvalue weighted by Crippen LogP contribution is -2.37. The molecule has 1 aromatic carbocycles. The molecule has 24 heavy (non-hydrogen) atoms. The zero-order chi connectivity index (χ0) is 16.9. The van der Waals surface area contributed by atoms with Gasteiger partial charge in [0.2, 0.25) is 10.0 Å². The molecule has 0 aromatic heterocycles. The summed E-state index contributed by atoms with van der Waals surface area (Å²) in [6.07, 6.45) is 3.86. The fourth-order valence-corrected chi connectivity index (χ4v) is 3.94. The van der Waals surface area contributed by atoms with Gasteiger partial charge in [-0.05, 0) is 45.0 Å². The standard InChI is InChI=1S/C16H25N3O3S.ClH/c1-12(17-2)11-18-16(20)13-6-5-9-15(10-13)23(21,22)19-14-7-3-4-8-14;/h5-6,9-10,12,14,17,19H,3-4,7-8,11H2,1-2H3,(H,18,20);1H. The van der Waals surface area contributed by atoms with Crippen molar-refractivity contribution in [1.82, 2.24) is 15.4 Å². The first-order chi connectivity index (χ1) is 10.9. The molecule has 1 atom stereocenters. The molecule has 0 aliphatic heterocycles. The zero-order valence-electron chi connectivity index (χ0n) is 14.0. The Morgan fingerprint density at radius 1 is 1.29 bits per heavy atom. The zero-order valence-corrected chi connectivity index (χ0v) is 15.7. The monoisotopic (exact) mass is 375 g/mol.